The predicted octanol–water partition coefficient (Wildman–Crippen LogP) is 1.20. The van der Waals surface area contributed by atoms with Crippen molar-refractivity contribution in [3.8, 4) is 0 Å². The van der Waals surface area contributed by atoms with E-state index in [1.165, 1.54) is 26.2 Å². The normalized spacial score (nSPS) is 16.5. The number of amides is 1. The summed E-state index contributed by atoms with van der Waals surface area (Å²) in [6.07, 6.45) is 1.89. The number of rotatable bonds is 7. The van der Waals surface area contributed by atoms with Crippen LogP contribution < -0.4 is 5.32 Å². The number of benzene rings is 1. The third kappa shape index (κ3) is 3.76. The topological polar surface area (TPSA) is 104 Å². The molecule has 2 rings (SSSR count). The molecule has 132 valence electrons. The van der Waals surface area contributed by atoms with Crippen molar-refractivity contribution in [2.24, 2.45) is 5.41 Å². The van der Waals surface area contributed by atoms with Gasteiger partial charge in [-0.25, -0.2) is 12.7 Å². The van der Waals surface area contributed by atoms with Gasteiger partial charge in [0.2, 0.25) is 15.9 Å². The molecular weight excluding hydrogens is 332 g/mol. The van der Waals surface area contributed by atoms with Crippen molar-refractivity contribution in [1.82, 2.24) is 9.62 Å². The van der Waals surface area contributed by atoms with E-state index in [9.17, 15) is 23.1 Å². The molecule has 0 spiro atoms. The lowest BCUT2D eigenvalue weighted by molar-refractivity contribution is -0.157. The molecule has 0 bridgehead atoms. The van der Waals surface area contributed by atoms with Gasteiger partial charge in [-0.1, -0.05) is 18.6 Å². The van der Waals surface area contributed by atoms with E-state index in [4.69, 9.17) is 0 Å². The third-order valence-corrected chi connectivity index (χ3v) is 6.28. The minimum atomic E-state index is -3.47. The SMILES string of the molecule is CN(C)S(=O)(=O)c1ccc(CNC(=O)CC2(C(=O)O)CCC2)cc1. The molecule has 1 aliphatic rings. The second-order valence-corrected chi connectivity index (χ2v) is 8.48. The Morgan fingerprint density at radius 3 is 2.21 bits per heavy atom. The zero-order valence-corrected chi connectivity index (χ0v) is 14.6. The highest BCUT2D eigenvalue weighted by Crippen LogP contribution is 2.44. The maximum absolute atomic E-state index is 12.0. The van der Waals surface area contributed by atoms with Crippen molar-refractivity contribution >= 4 is 21.9 Å². The quantitative estimate of drug-likeness (QED) is 0.766. The fourth-order valence-electron chi connectivity index (χ4n) is 2.63. The Kier molecular flexibility index (Phi) is 5.29. The molecule has 0 saturated heterocycles. The number of carbonyl (C=O) groups is 2. The molecule has 0 aromatic heterocycles. The van der Waals surface area contributed by atoms with Crippen molar-refractivity contribution in [2.75, 3.05) is 14.1 Å². The fraction of sp³-hybridized carbons (Fsp3) is 0.500. The summed E-state index contributed by atoms with van der Waals surface area (Å²) in [6.45, 7) is 0.233. The molecule has 1 fully saturated rings. The van der Waals surface area contributed by atoms with Crippen molar-refractivity contribution in [1.29, 1.82) is 0 Å². The van der Waals surface area contributed by atoms with Gasteiger partial charge < -0.3 is 10.4 Å². The van der Waals surface area contributed by atoms with Crippen LogP contribution in [0.25, 0.3) is 0 Å². The van der Waals surface area contributed by atoms with E-state index in [2.05, 4.69) is 5.32 Å². The molecule has 1 amide bonds. The highest BCUT2D eigenvalue weighted by Gasteiger charge is 2.45. The summed E-state index contributed by atoms with van der Waals surface area (Å²) in [4.78, 5) is 23.4. The summed E-state index contributed by atoms with van der Waals surface area (Å²) in [6, 6.07) is 6.24. The van der Waals surface area contributed by atoms with E-state index in [1.54, 1.807) is 12.1 Å². The van der Waals surface area contributed by atoms with Crippen LogP contribution in [0.1, 0.15) is 31.2 Å². The van der Waals surface area contributed by atoms with E-state index >= 15 is 0 Å². The largest absolute Gasteiger partial charge is 0.481 e. The lowest BCUT2D eigenvalue weighted by Gasteiger charge is -2.36. The first-order valence-electron chi connectivity index (χ1n) is 7.69. The van der Waals surface area contributed by atoms with Crippen LogP contribution in [0.15, 0.2) is 29.2 Å². The molecular formula is C16H22N2O5S. The van der Waals surface area contributed by atoms with E-state index in [1.807, 2.05) is 0 Å². The highest BCUT2D eigenvalue weighted by molar-refractivity contribution is 7.89. The van der Waals surface area contributed by atoms with Crippen LogP contribution in [0, 0.1) is 5.41 Å². The standard InChI is InChI=1S/C16H22N2O5S/c1-18(2)24(22,23)13-6-4-12(5-7-13)11-17-14(19)10-16(15(20)21)8-3-9-16/h4-7H,3,8-11H2,1-2H3,(H,17,19)(H,20,21). The first kappa shape index (κ1) is 18.4. The lowest BCUT2D eigenvalue weighted by Crippen LogP contribution is -2.42. The summed E-state index contributed by atoms with van der Waals surface area (Å²) in [5, 5.41) is 11.9. The summed E-state index contributed by atoms with van der Waals surface area (Å²) < 4.78 is 25.1. The molecule has 0 atom stereocenters. The van der Waals surface area contributed by atoms with Gasteiger partial charge in [0.15, 0.2) is 0 Å². The van der Waals surface area contributed by atoms with E-state index in [0.717, 1.165) is 16.3 Å². The van der Waals surface area contributed by atoms with Gasteiger partial charge in [-0.15, -0.1) is 0 Å². The Hall–Kier alpha value is -1.93. The summed E-state index contributed by atoms with van der Waals surface area (Å²) >= 11 is 0. The molecule has 0 radical (unpaired) electrons. The van der Waals surface area contributed by atoms with Crippen LogP contribution >= 0.6 is 0 Å². The molecule has 1 aromatic rings. The molecule has 1 aliphatic carbocycles. The van der Waals surface area contributed by atoms with Crippen LogP contribution in [-0.4, -0.2) is 43.8 Å². The minimum absolute atomic E-state index is 0.0184. The number of aliphatic carboxylic acids is 1. The van der Waals surface area contributed by atoms with Crippen LogP contribution in [0.4, 0.5) is 0 Å². The highest BCUT2D eigenvalue weighted by atomic mass is 32.2. The van der Waals surface area contributed by atoms with Crippen molar-refractivity contribution in [3.05, 3.63) is 29.8 Å². The average molecular weight is 354 g/mol. The summed E-state index contributed by atoms with van der Waals surface area (Å²) in [5.74, 6) is -1.22. The Balaban J connectivity index is 1.93. The Morgan fingerprint density at radius 2 is 1.79 bits per heavy atom. The van der Waals surface area contributed by atoms with Gasteiger partial charge in [-0.3, -0.25) is 9.59 Å². The molecule has 24 heavy (non-hydrogen) atoms. The number of nitrogens with one attached hydrogen (secondary N) is 1. The number of carboxylic acids is 1. The van der Waals surface area contributed by atoms with Gasteiger partial charge in [0.25, 0.3) is 0 Å². The second-order valence-electron chi connectivity index (χ2n) is 6.32. The minimum Gasteiger partial charge on any atom is -0.481 e. The predicted molar refractivity (Wildman–Crippen MR) is 87.7 cm³/mol. The molecule has 0 unspecified atom stereocenters. The maximum Gasteiger partial charge on any atom is 0.310 e. The van der Waals surface area contributed by atoms with Gasteiger partial charge in [-0.05, 0) is 30.5 Å². The van der Waals surface area contributed by atoms with Crippen molar-refractivity contribution in [3.63, 3.8) is 0 Å². The number of carbonyl (C=O) groups excluding carboxylic acids is 1. The Bertz CT molecular complexity index is 721. The molecule has 2 N–H and O–H groups in total. The molecule has 7 nitrogen and oxygen atoms in total. The Labute approximate surface area is 141 Å². The van der Waals surface area contributed by atoms with Gasteiger partial charge in [-0.2, -0.15) is 0 Å². The molecule has 0 heterocycles. The van der Waals surface area contributed by atoms with Crippen molar-refractivity contribution in [2.45, 2.75) is 37.1 Å². The van der Waals surface area contributed by atoms with E-state index in [-0.39, 0.29) is 23.8 Å². The monoisotopic (exact) mass is 354 g/mol. The van der Waals surface area contributed by atoms with Crippen molar-refractivity contribution < 1.29 is 23.1 Å². The van der Waals surface area contributed by atoms with E-state index in [0.29, 0.717) is 12.8 Å². The van der Waals surface area contributed by atoms with Crippen LogP contribution in [0.3, 0.4) is 0 Å². The van der Waals surface area contributed by atoms with Gasteiger partial charge in [0.05, 0.1) is 10.3 Å². The van der Waals surface area contributed by atoms with Crippen LogP contribution in [0.2, 0.25) is 0 Å². The van der Waals surface area contributed by atoms with Gasteiger partial charge >= 0.3 is 5.97 Å². The molecule has 1 saturated carbocycles. The lowest BCUT2D eigenvalue weighted by atomic mass is 9.66. The van der Waals surface area contributed by atoms with Crippen LogP contribution in [-0.2, 0) is 26.2 Å². The number of sulfonamides is 1. The number of hydrogen-bond acceptors (Lipinski definition) is 4. The number of nitrogens with zero attached hydrogens (tertiary/aromatic N) is 1. The summed E-state index contributed by atoms with van der Waals surface area (Å²) in [5.41, 5.74) is -0.160. The smallest absolute Gasteiger partial charge is 0.310 e. The molecule has 8 heteroatoms. The average Bonchev–Trinajstić information content (AvgIpc) is 2.48. The van der Waals surface area contributed by atoms with Gasteiger partial charge in [0.1, 0.15) is 0 Å². The zero-order valence-electron chi connectivity index (χ0n) is 13.8. The molecule has 0 aliphatic heterocycles. The number of carboxylic acid groups (broad SMARTS) is 1. The Morgan fingerprint density at radius 1 is 1.21 bits per heavy atom. The molecule has 1 aromatic carbocycles. The maximum atomic E-state index is 12.0. The van der Waals surface area contributed by atoms with Gasteiger partial charge in [0, 0.05) is 27.1 Å². The number of hydrogen-bond donors (Lipinski definition) is 2. The fourth-order valence-corrected chi connectivity index (χ4v) is 3.53. The first-order chi connectivity index (χ1) is 11.2. The second kappa shape index (κ2) is 6.90. The summed E-state index contributed by atoms with van der Waals surface area (Å²) in [7, 11) is -0.553. The van der Waals surface area contributed by atoms with E-state index < -0.39 is 21.4 Å². The van der Waals surface area contributed by atoms with Crippen LogP contribution in [0.5, 0.6) is 0 Å². The first-order valence-corrected chi connectivity index (χ1v) is 9.13. The third-order valence-electron chi connectivity index (χ3n) is 4.45. The zero-order chi connectivity index (χ0) is 18.0.